The Morgan fingerprint density at radius 1 is 1.21 bits per heavy atom. The van der Waals surface area contributed by atoms with E-state index in [4.69, 9.17) is 4.74 Å². The molecule has 3 heterocycles. The molecule has 1 N–H and O–H groups in total. The predicted octanol–water partition coefficient (Wildman–Crippen LogP) is 3.47. The highest BCUT2D eigenvalue weighted by molar-refractivity contribution is 6.09. The maximum atomic E-state index is 13.1. The molecule has 3 aromatic rings. The molecule has 0 radical (unpaired) electrons. The van der Waals surface area contributed by atoms with Gasteiger partial charge < -0.3 is 15.0 Å². The monoisotopic (exact) mass is 392 g/mol. The third kappa shape index (κ3) is 3.81. The van der Waals surface area contributed by atoms with E-state index in [1.165, 1.54) is 0 Å². The molecule has 29 heavy (non-hydrogen) atoms. The number of pyridine rings is 1. The number of carbonyl (C=O) groups excluding carboxylic acids is 2. The van der Waals surface area contributed by atoms with Gasteiger partial charge in [-0.1, -0.05) is 19.1 Å². The molecule has 0 spiro atoms. The van der Waals surface area contributed by atoms with Gasteiger partial charge in [0, 0.05) is 31.0 Å². The molecule has 1 aliphatic heterocycles. The topological polar surface area (TPSA) is 75.9 Å². The number of imidazole rings is 1. The standard InChI is InChI=1S/C22H24N4O3/c1-15-7-6-11-25(14-15)22(28)20-24-19(18-10-3-4-12-26(18)20)21(27)23-16-8-5-9-17(13-16)29-2/h3-5,8-10,12-13,15H,6-7,11,14H2,1-2H3,(H,23,27). The number of amides is 2. The fourth-order valence-electron chi connectivity index (χ4n) is 3.76. The summed E-state index contributed by atoms with van der Waals surface area (Å²) in [5.41, 5.74) is 1.42. The number of hydrogen-bond acceptors (Lipinski definition) is 4. The highest BCUT2D eigenvalue weighted by atomic mass is 16.5. The number of nitrogens with zero attached hydrogens (tertiary/aromatic N) is 3. The molecule has 4 rings (SSSR count). The number of likely N-dealkylation sites (tertiary alicyclic amines) is 1. The van der Waals surface area contributed by atoms with Crippen molar-refractivity contribution in [1.82, 2.24) is 14.3 Å². The van der Waals surface area contributed by atoms with Gasteiger partial charge in [-0.25, -0.2) is 4.98 Å². The summed E-state index contributed by atoms with van der Waals surface area (Å²) in [5, 5.41) is 2.84. The van der Waals surface area contributed by atoms with Gasteiger partial charge in [-0.05, 0) is 43.0 Å². The molecule has 7 nitrogen and oxygen atoms in total. The van der Waals surface area contributed by atoms with Gasteiger partial charge in [0.15, 0.2) is 5.69 Å². The van der Waals surface area contributed by atoms with Crippen molar-refractivity contribution >= 4 is 23.0 Å². The fourth-order valence-corrected chi connectivity index (χ4v) is 3.76. The van der Waals surface area contributed by atoms with E-state index in [1.54, 1.807) is 48.0 Å². The van der Waals surface area contributed by atoms with Crippen LogP contribution in [-0.4, -0.2) is 46.3 Å². The summed E-state index contributed by atoms with van der Waals surface area (Å²) >= 11 is 0. The number of ether oxygens (including phenoxy) is 1. The zero-order valence-corrected chi connectivity index (χ0v) is 16.6. The minimum atomic E-state index is -0.368. The van der Waals surface area contributed by atoms with Crippen LogP contribution < -0.4 is 10.1 Å². The second-order valence-corrected chi connectivity index (χ2v) is 7.42. The molecule has 1 saturated heterocycles. The summed E-state index contributed by atoms with van der Waals surface area (Å²) in [6, 6.07) is 12.6. The maximum absolute atomic E-state index is 13.1. The smallest absolute Gasteiger partial charge is 0.290 e. The summed E-state index contributed by atoms with van der Waals surface area (Å²) in [4.78, 5) is 32.4. The Morgan fingerprint density at radius 2 is 2.07 bits per heavy atom. The second-order valence-electron chi connectivity index (χ2n) is 7.42. The number of nitrogens with one attached hydrogen (secondary N) is 1. The molecule has 0 aliphatic carbocycles. The first-order valence-electron chi connectivity index (χ1n) is 9.78. The van der Waals surface area contributed by atoms with Gasteiger partial charge in [-0.15, -0.1) is 0 Å². The van der Waals surface area contributed by atoms with E-state index in [9.17, 15) is 9.59 Å². The first-order valence-corrected chi connectivity index (χ1v) is 9.78. The van der Waals surface area contributed by atoms with E-state index < -0.39 is 0 Å². The van der Waals surface area contributed by atoms with Gasteiger partial charge in [-0.3, -0.25) is 14.0 Å². The van der Waals surface area contributed by atoms with E-state index in [0.717, 1.165) is 19.4 Å². The van der Waals surface area contributed by atoms with Crippen molar-refractivity contribution in [2.24, 2.45) is 5.92 Å². The Kier molecular flexibility index (Phi) is 5.20. The largest absolute Gasteiger partial charge is 0.497 e. The van der Waals surface area contributed by atoms with Gasteiger partial charge in [0.25, 0.3) is 11.8 Å². The summed E-state index contributed by atoms with van der Waals surface area (Å²) in [7, 11) is 1.57. The molecule has 7 heteroatoms. The number of hydrogen-bond donors (Lipinski definition) is 1. The maximum Gasteiger partial charge on any atom is 0.290 e. The van der Waals surface area contributed by atoms with Crippen LogP contribution in [0.15, 0.2) is 48.7 Å². The van der Waals surface area contributed by atoms with Crippen molar-refractivity contribution < 1.29 is 14.3 Å². The number of anilines is 1. The van der Waals surface area contributed by atoms with Crippen molar-refractivity contribution in [3.8, 4) is 5.75 Å². The molecule has 1 atom stereocenters. The number of carbonyl (C=O) groups is 2. The number of aromatic nitrogens is 2. The fraction of sp³-hybridized carbons (Fsp3) is 0.318. The lowest BCUT2D eigenvalue weighted by Crippen LogP contribution is -2.39. The zero-order valence-electron chi connectivity index (χ0n) is 16.6. The normalized spacial score (nSPS) is 16.6. The van der Waals surface area contributed by atoms with Crippen LogP contribution in [0.3, 0.4) is 0 Å². The van der Waals surface area contributed by atoms with Gasteiger partial charge in [0.05, 0.1) is 12.6 Å². The average Bonchev–Trinajstić information content (AvgIpc) is 3.13. The number of benzene rings is 1. The molecular weight excluding hydrogens is 368 g/mol. The Morgan fingerprint density at radius 3 is 2.86 bits per heavy atom. The molecule has 1 fully saturated rings. The summed E-state index contributed by atoms with van der Waals surface area (Å²) in [5.74, 6) is 0.874. The number of fused-ring (bicyclic) bond motifs is 1. The van der Waals surface area contributed by atoms with E-state index in [-0.39, 0.29) is 23.3 Å². The highest BCUT2D eigenvalue weighted by Gasteiger charge is 2.27. The van der Waals surface area contributed by atoms with E-state index in [0.29, 0.717) is 29.4 Å². The van der Waals surface area contributed by atoms with E-state index in [2.05, 4.69) is 17.2 Å². The van der Waals surface area contributed by atoms with Crippen LogP contribution in [0.1, 0.15) is 40.9 Å². The van der Waals surface area contributed by atoms with Crippen LogP contribution in [0.4, 0.5) is 5.69 Å². The summed E-state index contributed by atoms with van der Waals surface area (Å²) in [6.45, 7) is 3.58. The van der Waals surface area contributed by atoms with Crippen LogP contribution in [0.2, 0.25) is 0 Å². The Bertz CT molecular complexity index is 1060. The Hall–Kier alpha value is -3.35. The van der Waals surface area contributed by atoms with Gasteiger partial charge in [0.1, 0.15) is 5.75 Å². The molecule has 1 unspecified atom stereocenters. The zero-order chi connectivity index (χ0) is 20.4. The van der Waals surface area contributed by atoms with Gasteiger partial charge >= 0.3 is 0 Å². The van der Waals surface area contributed by atoms with Gasteiger partial charge in [-0.2, -0.15) is 0 Å². The van der Waals surface area contributed by atoms with Crippen LogP contribution in [0.5, 0.6) is 5.75 Å². The van der Waals surface area contributed by atoms with Crippen LogP contribution in [-0.2, 0) is 0 Å². The summed E-state index contributed by atoms with van der Waals surface area (Å²) < 4.78 is 6.90. The van der Waals surface area contributed by atoms with Crippen molar-refractivity contribution in [2.45, 2.75) is 19.8 Å². The van der Waals surface area contributed by atoms with Crippen LogP contribution in [0.25, 0.3) is 5.52 Å². The molecular formula is C22H24N4O3. The lowest BCUT2D eigenvalue weighted by atomic mass is 10.0. The molecule has 1 aliphatic rings. The molecule has 0 saturated carbocycles. The molecule has 0 bridgehead atoms. The highest BCUT2D eigenvalue weighted by Crippen LogP contribution is 2.22. The number of rotatable bonds is 4. The average molecular weight is 392 g/mol. The second kappa shape index (κ2) is 7.95. The Balaban J connectivity index is 1.66. The first kappa shape index (κ1) is 19.0. The first-order chi connectivity index (χ1) is 14.1. The predicted molar refractivity (Wildman–Crippen MR) is 110 cm³/mol. The lowest BCUT2D eigenvalue weighted by Gasteiger charge is -2.30. The lowest BCUT2D eigenvalue weighted by molar-refractivity contribution is 0.0670. The number of methoxy groups -OCH3 is 1. The molecule has 1 aromatic carbocycles. The minimum Gasteiger partial charge on any atom is -0.497 e. The van der Waals surface area contributed by atoms with Crippen LogP contribution >= 0.6 is 0 Å². The van der Waals surface area contributed by atoms with Crippen molar-refractivity contribution in [2.75, 3.05) is 25.5 Å². The molecule has 2 aromatic heterocycles. The molecule has 150 valence electrons. The van der Waals surface area contributed by atoms with E-state index >= 15 is 0 Å². The van der Waals surface area contributed by atoms with Crippen molar-refractivity contribution in [3.63, 3.8) is 0 Å². The van der Waals surface area contributed by atoms with Gasteiger partial charge in [0.2, 0.25) is 5.82 Å². The van der Waals surface area contributed by atoms with Crippen molar-refractivity contribution in [3.05, 3.63) is 60.2 Å². The quantitative estimate of drug-likeness (QED) is 0.738. The molecule has 2 amide bonds. The minimum absolute atomic E-state index is 0.141. The summed E-state index contributed by atoms with van der Waals surface area (Å²) in [6.07, 6.45) is 3.88. The number of piperidine rings is 1. The third-order valence-corrected chi connectivity index (χ3v) is 5.23. The van der Waals surface area contributed by atoms with Crippen molar-refractivity contribution in [1.29, 1.82) is 0 Å². The SMILES string of the molecule is COc1cccc(NC(=O)c2nc(C(=O)N3CCCC(C)C3)n3ccccc23)c1. The third-order valence-electron chi connectivity index (χ3n) is 5.23. The Labute approximate surface area is 169 Å². The van der Waals surface area contributed by atoms with E-state index in [1.807, 2.05) is 17.0 Å². The van der Waals surface area contributed by atoms with Crippen LogP contribution in [0, 0.1) is 5.92 Å².